The molecule has 2 heterocycles. The Kier molecular flexibility index (Phi) is 5.36. The van der Waals surface area contributed by atoms with E-state index in [4.69, 9.17) is 27.6 Å². The van der Waals surface area contributed by atoms with Gasteiger partial charge in [-0.05, 0) is 19.1 Å². The lowest BCUT2D eigenvalue weighted by atomic mass is 10.2. The van der Waals surface area contributed by atoms with Crippen molar-refractivity contribution in [2.45, 2.75) is 24.8 Å². The van der Waals surface area contributed by atoms with Crippen LogP contribution in [-0.4, -0.2) is 54.0 Å². The van der Waals surface area contributed by atoms with E-state index in [1.807, 2.05) is 6.92 Å². The Labute approximate surface area is 156 Å². The molecule has 25 heavy (non-hydrogen) atoms. The lowest BCUT2D eigenvalue weighted by Gasteiger charge is -2.36. The Morgan fingerprint density at radius 3 is 2.44 bits per heavy atom. The Bertz CT molecular complexity index is 863. The van der Waals surface area contributed by atoms with Crippen molar-refractivity contribution in [3.8, 4) is 0 Å². The average molecular weight is 405 g/mol. The lowest BCUT2D eigenvalue weighted by molar-refractivity contribution is 0.128. The molecule has 3 rings (SSSR count). The summed E-state index contributed by atoms with van der Waals surface area (Å²) in [5.41, 5.74) is 0. The summed E-state index contributed by atoms with van der Waals surface area (Å²) in [6, 6.07) is 4.55. The first-order chi connectivity index (χ1) is 11.8. The second kappa shape index (κ2) is 7.20. The van der Waals surface area contributed by atoms with Crippen LogP contribution in [0.3, 0.4) is 0 Å². The molecule has 10 heteroatoms. The highest BCUT2D eigenvalue weighted by atomic mass is 35.5. The SMILES string of the molecule is Cc1nnc(C(C)N2CCN(S(=O)(=O)c3cccc(Cl)c3Cl)CC2)o1. The smallest absolute Gasteiger partial charge is 0.244 e. The predicted octanol–water partition coefficient (Wildman–Crippen LogP) is 2.75. The molecule has 1 saturated heterocycles. The molecule has 0 aliphatic carbocycles. The van der Waals surface area contributed by atoms with Crippen molar-refractivity contribution in [3.05, 3.63) is 40.0 Å². The van der Waals surface area contributed by atoms with Gasteiger partial charge in [-0.1, -0.05) is 29.3 Å². The van der Waals surface area contributed by atoms with Gasteiger partial charge in [-0.3, -0.25) is 4.90 Å². The number of aryl methyl sites for hydroxylation is 1. The molecule has 1 fully saturated rings. The van der Waals surface area contributed by atoms with E-state index < -0.39 is 10.0 Å². The second-order valence-corrected chi connectivity index (χ2v) is 8.52. The van der Waals surface area contributed by atoms with E-state index in [0.29, 0.717) is 38.0 Å². The third-order valence-electron chi connectivity index (χ3n) is 4.25. The van der Waals surface area contributed by atoms with E-state index in [1.54, 1.807) is 19.1 Å². The van der Waals surface area contributed by atoms with Gasteiger partial charge in [0.05, 0.1) is 16.1 Å². The summed E-state index contributed by atoms with van der Waals surface area (Å²) in [5.74, 6) is 1.05. The van der Waals surface area contributed by atoms with Crippen LogP contribution in [0.1, 0.15) is 24.7 Å². The Morgan fingerprint density at radius 2 is 1.84 bits per heavy atom. The highest BCUT2D eigenvalue weighted by Crippen LogP contribution is 2.31. The standard InChI is InChI=1S/C15H18Cl2N4O3S/c1-10(15-19-18-11(2)24-15)20-6-8-21(9-7-20)25(22,23)13-5-3-4-12(16)14(13)17/h3-5,10H,6-9H2,1-2H3. The monoisotopic (exact) mass is 404 g/mol. The number of hydrogen-bond acceptors (Lipinski definition) is 6. The molecule has 0 radical (unpaired) electrons. The minimum Gasteiger partial charge on any atom is -0.424 e. The van der Waals surface area contributed by atoms with Gasteiger partial charge in [0.25, 0.3) is 0 Å². The van der Waals surface area contributed by atoms with Crippen molar-refractivity contribution in [1.29, 1.82) is 0 Å². The zero-order chi connectivity index (χ0) is 18.2. The molecule has 0 saturated carbocycles. The maximum absolute atomic E-state index is 12.8. The Hall–Kier alpha value is -1.19. The van der Waals surface area contributed by atoms with E-state index >= 15 is 0 Å². The van der Waals surface area contributed by atoms with Crippen molar-refractivity contribution in [1.82, 2.24) is 19.4 Å². The number of sulfonamides is 1. The number of benzene rings is 1. The van der Waals surface area contributed by atoms with Crippen molar-refractivity contribution < 1.29 is 12.8 Å². The quantitative estimate of drug-likeness (QED) is 0.779. The summed E-state index contributed by atoms with van der Waals surface area (Å²) in [6.07, 6.45) is 0. The topological polar surface area (TPSA) is 79.5 Å². The fourth-order valence-corrected chi connectivity index (χ4v) is 4.95. The van der Waals surface area contributed by atoms with E-state index in [9.17, 15) is 8.42 Å². The van der Waals surface area contributed by atoms with Crippen LogP contribution in [0.2, 0.25) is 10.0 Å². The highest BCUT2D eigenvalue weighted by Gasteiger charge is 2.33. The van der Waals surface area contributed by atoms with Crippen LogP contribution in [-0.2, 0) is 10.0 Å². The maximum atomic E-state index is 12.8. The van der Waals surface area contributed by atoms with Gasteiger partial charge in [0.1, 0.15) is 4.90 Å². The molecule has 1 aliphatic heterocycles. The van der Waals surface area contributed by atoms with E-state index in [-0.39, 0.29) is 21.0 Å². The summed E-state index contributed by atoms with van der Waals surface area (Å²) in [7, 11) is -3.69. The maximum Gasteiger partial charge on any atom is 0.244 e. The zero-order valence-corrected chi connectivity index (χ0v) is 16.1. The third kappa shape index (κ3) is 3.68. The van der Waals surface area contributed by atoms with Gasteiger partial charge in [-0.15, -0.1) is 10.2 Å². The molecule has 2 aromatic rings. The van der Waals surface area contributed by atoms with E-state index in [2.05, 4.69) is 15.1 Å². The van der Waals surface area contributed by atoms with Crippen molar-refractivity contribution in [3.63, 3.8) is 0 Å². The number of hydrogen-bond donors (Lipinski definition) is 0. The van der Waals surface area contributed by atoms with Gasteiger partial charge >= 0.3 is 0 Å². The summed E-state index contributed by atoms with van der Waals surface area (Å²) in [4.78, 5) is 2.15. The van der Waals surface area contributed by atoms with Crippen LogP contribution in [0.25, 0.3) is 0 Å². The van der Waals surface area contributed by atoms with E-state index in [0.717, 1.165) is 0 Å². The molecule has 136 valence electrons. The summed E-state index contributed by atoms with van der Waals surface area (Å²) >= 11 is 12.0. The first kappa shape index (κ1) is 18.6. The molecule has 7 nitrogen and oxygen atoms in total. The van der Waals surface area contributed by atoms with Crippen LogP contribution >= 0.6 is 23.2 Å². The summed E-state index contributed by atoms with van der Waals surface area (Å²) in [6.45, 7) is 5.51. The normalized spacial score (nSPS) is 18.4. The summed E-state index contributed by atoms with van der Waals surface area (Å²) in [5, 5.41) is 8.15. The molecule has 1 aromatic heterocycles. The van der Waals surface area contributed by atoms with Gasteiger partial charge in [0, 0.05) is 33.1 Å². The first-order valence-electron chi connectivity index (χ1n) is 7.79. The van der Waals surface area contributed by atoms with Crippen molar-refractivity contribution in [2.24, 2.45) is 0 Å². The number of nitrogens with zero attached hydrogens (tertiary/aromatic N) is 4. The Balaban J connectivity index is 1.72. The van der Waals surface area contributed by atoms with Gasteiger partial charge in [-0.25, -0.2) is 8.42 Å². The van der Waals surface area contributed by atoms with Crippen molar-refractivity contribution in [2.75, 3.05) is 26.2 Å². The number of halogens is 2. The lowest BCUT2D eigenvalue weighted by Crippen LogP contribution is -2.49. The molecule has 1 aliphatic rings. The molecular formula is C15H18Cl2N4O3S. The third-order valence-corrected chi connectivity index (χ3v) is 7.13. The van der Waals surface area contributed by atoms with Crippen molar-refractivity contribution >= 4 is 33.2 Å². The van der Waals surface area contributed by atoms with Gasteiger partial charge in [-0.2, -0.15) is 4.31 Å². The molecule has 1 aromatic carbocycles. The molecule has 0 bridgehead atoms. The fraction of sp³-hybridized carbons (Fsp3) is 0.467. The molecule has 0 spiro atoms. The van der Waals surface area contributed by atoms with Crippen LogP contribution in [0.15, 0.2) is 27.5 Å². The van der Waals surface area contributed by atoms with Crippen LogP contribution in [0, 0.1) is 6.92 Å². The summed E-state index contributed by atoms with van der Waals surface area (Å²) < 4.78 is 32.6. The van der Waals surface area contributed by atoms with Crippen LogP contribution in [0.4, 0.5) is 0 Å². The van der Waals surface area contributed by atoms with E-state index in [1.165, 1.54) is 10.4 Å². The largest absolute Gasteiger partial charge is 0.424 e. The fourth-order valence-electron chi connectivity index (χ4n) is 2.79. The first-order valence-corrected chi connectivity index (χ1v) is 9.98. The van der Waals surface area contributed by atoms with Gasteiger partial charge < -0.3 is 4.42 Å². The highest BCUT2D eigenvalue weighted by molar-refractivity contribution is 7.89. The molecule has 1 unspecified atom stereocenters. The van der Waals surface area contributed by atoms with Gasteiger partial charge in [0.15, 0.2) is 0 Å². The minimum atomic E-state index is -3.69. The second-order valence-electron chi connectivity index (χ2n) is 5.83. The van der Waals surface area contributed by atoms with Crippen LogP contribution in [0.5, 0.6) is 0 Å². The van der Waals surface area contributed by atoms with Crippen LogP contribution < -0.4 is 0 Å². The predicted molar refractivity (Wildman–Crippen MR) is 94.2 cm³/mol. The molecular weight excluding hydrogens is 387 g/mol. The minimum absolute atomic E-state index is 0.0377. The molecule has 0 amide bonds. The Morgan fingerprint density at radius 1 is 1.16 bits per heavy atom. The number of piperazine rings is 1. The number of aromatic nitrogens is 2. The average Bonchev–Trinajstić information content (AvgIpc) is 3.03. The van der Waals surface area contributed by atoms with Gasteiger partial charge in [0.2, 0.25) is 21.8 Å². The number of rotatable bonds is 4. The zero-order valence-electron chi connectivity index (χ0n) is 13.8. The molecule has 0 N–H and O–H groups in total. The molecule has 1 atom stereocenters.